The fourth-order valence-corrected chi connectivity index (χ4v) is 4.20. The Bertz CT molecular complexity index is 1130. The Morgan fingerprint density at radius 3 is 2.56 bits per heavy atom. The van der Waals surface area contributed by atoms with Crippen LogP contribution in [-0.2, 0) is 13.0 Å². The summed E-state index contributed by atoms with van der Waals surface area (Å²) in [6, 6.07) is 15.6. The second-order valence-corrected chi connectivity index (χ2v) is 8.67. The summed E-state index contributed by atoms with van der Waals surface area (Å²) < 4.78 is 0. The van der Waals surface area contributed by atoms with E-state index < -0.39 is 0 Å². The molecule has 1 aliphatic rings. The van der Waals surface area contributed by atoms with Crippen LogP contribution < -0.4 is 10.9 Å². The standard InChI is InChI=1S/C26H32N4O2/c1-3-20-8-11-24-21(16-20)17-22(25(31)28-24)18-30(15-14-29-12-4-5-13-29)26(32)27-23-9-6-19(2)7-10-23/h6-11,16-17H,3-5,12-15,18H2,1-2H3,(H,27,32)(H,28,31). The minimum Gasteiger partial charge on any atom is -0.322 e. The molecule has 1 aliphatic heterocycles. The summed E-state index contributed by atoms with van der Waals surface area (Å²) in [6.07, 6.45) is 3.35. The predicted octanol–water partition coefficient (Wildman–Crippen LogP) is 4.53. The molecule has 0 unspecified atom stereocenters. The Morgan fingerprint density at radius 1 is 1.09 bits per heavy atom. The molecule has 2 heterocycles. The lowest BCUT2D eigenvalue weighted by molar-refractivity contribution is 0.197. The summed E-state index contributed by atoms with van der Waals surface area (Å²) in [5, 5.41) is 3.99. The van der Waals surface area contributed by atoms with Gasteiger partial charge >= 0.3 is 6.03 Å². The number of hydrogen-bond acceptors (Lipinski definition) is 3. The van der Waals surface area contributed by atoms with Crippen LogP contribution in [0.2, 0.25) is 0 Å². The molecule has 0 aliphatic carbocycles. The maximum Gasteiger partial charge on any atom is 0.322 e. The number of anilines is 1. The second-order valence-electron chi connectivity index (χ2n) is 8.67. The van der Waals surface area contributed by atoms with Gasteiger partial charge in [0, 0.05) is 29.9 Å². The van der Waals surface area contributed by atoms with Crippen LogP contribution in [0, 0.1) is 6.92 Å². The SMILES string of the molecule is CCc1ccc2[nH]c(=O)c(CN(CCN3CCCC3)C(=O)Nc3ccc(C)cc3)cc2c1. The number of aromatic nitrogens is 1. The van der Waals surface area contributed by atoms with Crippen molar-refractivity contribution < 1.29 is 4.79 Å². The number of fused-ring (bicyclic) bond motifs is 1. The largest absolute Gasteiger partial charge is 0.322 e. The summed E-state index contributed by atoms with van der Waals surface area (Å²) in [6.45, 7) is 7.94. The monoisotopic (exact) mass is 432 g/mol. The van der Waals surface area contributed by atoms with E-state index in [1.807, 2.05) is 49.4 Å². The van der Waals surface area contributed by atoms with Crippen molar-refractivity contribution in [3.63, 3.8) is 0 Å². The van der Waals surface area contributed by atoms with Crippen LogP contribution in [0.5, 0.6) is 0 Å². The van der Waals surface area contributed by atoms with Crippen molar-refractivity contribution >= 4 is 22.6 Å². The lowest BCUT2D eigenvalue weighted by Gasteiger charge is -2.26. The van der Waals surface area contributed by atoms with E-state index in [9.17, 15) is 9.59 Å². The van der Waals surface area contributed by atoms with E-state index in [0.29, 0.717) is 12.1 Å². The number of rotatable bonds is 7. The molecule has 2 amide bonds. The summed E-state index contributed by atoms with van der Waals surface area (Å²) in [7, 11) is 0. The number of hydrogen-bond donors (Lipinski definition) is 2. The van der Waals surface area contributed by atoms with E-state index in [1.165, 1.54) is 18.4 Å². The first-order chi connectivity index (χ1) is 15.5. The zero-order valence-corrected chi connectivity index (χ0v) is 19.0. The second kappa shape index (κ2) is 10.0. The Morgan fingerprint density at radius 2 is 1.84 bits per heavy atom. The van der Waals surface area contributed by atoms with Crippen LogP contribution in [-0.4, -0.2) is 47.0 Å². The van der Waals surface area contributed by atoms with Gasteiger partial charge in [-0.1, -0.05) is 30.7 Å². The van der Waals surface area contributed by atoms with Gasteiger partial charge in [0.15, 0.2) is 0 Å². The molecule has 1 saturated heterocycles. The van der Waals surface area contributed by atoms with Gasteiger partial charge in [0.25, 0.3) is 5.56 Å². The fourth-order valence-electron chi connectivity index (χ4n) is 4.20. The zero-order chi connectivity index (χ0) is 22.5. The normalized spacial score (nSPS) is 14.1. The summed E-state index contributed by atoms with van der Waals surface area (Å²) in [5.41, 5.74) is 4.40. The van der Waals surface area contributed by atoms with Crippen molar-refractivity contribution in [1.82, 2.24) is 14.8 Å². The number of carbonyl (C=O) groups excluding carboxylic acids is 1. The molecule has 0 saturated carbocycles. The van der Waals surface area contributed by atoms with Crippen LogP contribution in [0.4, 0.5) is 10.5 Å². The van der Waals surface area contributed by atoms with E-state index in [1.54, 1.807) is 4.90 Å². The Labute approximate surface area is 189 Å². The third kappa shape index (κ3) is 5.37. The van der Waals surface area contributed by atoms with Gasteiger partial charge < -0.3 is 20.1 Å². The highest BCUT2D eigenvalue weighted by atomic mass is 16.2. The van der Waals surface area contributed by atoms with Crippen molar-refractivity contribution in [2.45, 2.75) is 39.7 Å². The minimum atomic E-state index is -0.185. The lowest BCUT2D eigenvalue weighted by Crippen LogP contribution is -2.41. The number of amides is 2. The van der Waals surface area contributed by atoms with E-state index >= 15 is 0 Å². The topological polar surface area (TPSA) is 68.4 Å². The molecule has 32 heavy (non-hydrogen) atoms. The van der Waals surface area contributed by atoms with E-state index in [2.05, 4.69) is 28.2 Å². The molecule has 0 atom stereocenters. The quantitative estimate of drug-likeness (QED) is 0.576. The molecule has 6 nitrogen and oxygen atoms in total. The molecule has 6 heteroatoms. The fraction of sp³-hybridized carbons (Fsp3) is 0.385. The van der Waals surface area contributed by atoms with E-state index in [4.69, 9.17) is 0 Å². The molecule has 1 fully saturated rings. The molecule has 0 radical (unpaired) electrons. The van der Waals surface area contributed by atoms with Gasteiger partial charge in [-0.2, -0.15) is 0 Å². The molecule has 0 spiro atoms. The highest BCUT2D eigenvalue weighted by molar-refractivity contribution is 5.89. The number of benzene rings is 2. The number of aromatic amines is 1. The highest BCUT2D eigenvalue weighted by Gasteiger charge is 2.19. The predicted molar refractivity (Wildman–Crippen MR) is 130 cm³/mol. The Balaban J connectivity index is 1.56. The molecule has 2 N–H and O–H groups in total. The summed E-state index contributed by atoms with van der Waals surface area (Å²) in [4.78, 5) is 33.1. The number of urea groups is 1. The van der Waals surface area contributed by atoms with Gasteiger partial charge in [0.2, 0.25) is 0 Å². The van der Waals surface area contributed by atoms with Gasteiger partial charge in [-0.15, -0.1) is 0 Å². The zero-order valence-electron chi connectivity index (χ0n) is 19.0. The van der Waals surface area contributed by atoms with Gasteiger partial charge in [0.1, 0.15) is 0 Å². The van der Waals surface area contributed by atoms with Crippen LogP contribution in [0.15, 0.2) is 53.3 Å². The number of H-pyrrole nitrogens is 1. The smallest absolute Gasteiger partial charge is 0.322 e. The van der Waals surface area contributed by atoms with Gasteiger partial charge in [-0.3, -0.25) is 4.79 Å². The third-order valence-corrected chi connectivity index (χ3v) is 6.23. The maximum atomic E-state index is 13.2. The molecule has 3 aromatic rings. The summed E-state index contributed by atoms with van der Waals surface area (Å²) in [5.74, 6) is 0. The number of pyridine rings is 1. The molecule has 4 rings (SSSR count). The Hall–Kier alpha value is -3.12. The molecule has 168 valence electrons. The highest BCUT2D eigenvalue weighted by Crippen LogP contribution is 2.16. The average Bonchev–Trinajstić information content (AvgIpc) is 3.31. The van der Waals surface area contributed by atoms with Crippen molar-refractivity contribution in [2.75, 3.05) is 31.5 Å². The van der Waals surface area contributed by atoms with Crippen molar-refractivity contribution in [3.05, 3.63) is 75.6 Å². The number of likely N-dealkylation sites (tertiary alicyclic amines) is 1. The van der Waals surface area contributed by atoms with Crippen LogP contribution in [0.1, 0.15) is 36.5 Å². The number of aryl methyl sites for hydroxylation is 2. The van der Waals surface area contributed by atoms with E-state index in [0.717, 1.165) is 48.2 Å². The summed E-state index contributed by atoms with van der Waals surface area (Å²) >= 11 is 0. The van der Waals surface area contributed by atoms with Gasteiger partial charge in [-0.25, -0.2) is 4.79 Å². The molecule has 2 aromatic carbocycles. The van der Waals surface area contributed by atoms with Crippen molar-refractivity contribution in [1.29, 1.82) is 0 Å². The number of nitrogens with zero attached hydrogens (tertiary/aromatic N) is 2. The first-order valence-corrected chi connectivity index (χ1v) is 11.5. The number of carbonyl (C=O) groups is 1. The van der Waals surface area contributed by atoms with Crippen molar-refractivity contribution in [3.8, 4) is 0 Å². The van der Waals surface area contributed by atoms with E-state index in [-0.39, 0.29) is 18.1 Å². The molecule has 0 bridgehead atoms. The van der Waals surface area contributed by atoms with Crippen LogP contribution >= 0.6 is 0 Å². The van der Waals surface area contributed by atoms with Crippen molar-refractivity contribution in [2.24, 2.45) is 0 Å². The third-order valence-electron chi connectivity index (χ3n) is 6.23. The lowest BCUT2D eigenvalue weighted by atomic mass is 10.1. The maximum absolute atomic E-state index is 13.2. The molecule has 1 aromatic heterocycles. The first-order valence-electron chi connectivity index (χ1n) is 11.5. The number of nitrogens with one attached hydrogen (secondary N) is 2. The van der Waals surface area contributed by atoms with Gasteiger partial charge in [-0.05, 0) is 80.6 Å². The Kier molecular flexibility index (Phi) is 6.90. The minimum absolute atomic E-state index is 0.143. The average molecular weight is 433 g/mol. The molecular formula is C26H32N4O2. The molecular weight excluding hydrogens is 400 g/mol. The first kappa shape index (κ1) is 22.1. The van der Waals surface area contributed by atoms with Crippen LogP contribution in [0.25, 0.3) is 10.9 Å². The van der Waals surface area contributed by atoms with Gasteiger partial charge in [0.05, 0.1) is 6.54 Å². The van der Waals surface area contributed by atoms with Crippen LogP contribution in [0.3, 0.4) is 0 Å².